The third-order valence-corrected chi connectivity index (χ3v) is 5.16. The molecule has 0 N–H and O–H groups in total. The zero-order valence-electron chi connectivity index (χ0n) is 6.49. The smallest absolute Gasteiger partial charge is 0.0136 e. The van der Waals surface area contributed by atoms with E-state index >= 15 is 0 Å². The monoisotopic (exact) mass is 122 g/mol. The predicted octanol–water partition coefficient (Wildman–Crippen LogP) is 2.44. The molecule has 0 nitrogen and oxygen atoms in total. The Labute approximate surface area is 56.6 Å². The maximum atomic E-state index is 2.48. The molecule has 4 atom stereocenters. The van der Waals surface area contributed by atoms with Gasteiger partial charge in [-0.05, 0) is 35.0 Å². The van der Waals surface area contributed by atoms with Crippen molar-refractivity contribution in [3.63, 3.8) is 0 Å². The zero-order chi connectivity index (χ0) is 6.49. The molecule has 3 aliphatic carbocycles. The summed E-state index contributed by atoms with van der Waals surface area (Å²) in [5.41, 5.74) is 2.68. The van der Waals surface area contributed by atoms with Crippen LogP contribution in [-0.4, -0.2) is 0 Å². The van der Waals surface area contributed by atoms with E-state index in [9.17, 15) is 0 Å². The molecule has 0 radical (unpaired) electrons. The Morgan fingerprint density at radius 2 is 2.22 bits per heavy atom. The van der Waals surface area contributed by atoms with Crippen molar-refractivity contribution in [2.45, 2.75) is 33.6 Å². The summed E-state index contributed by atoms with van der Waals surface area (Å²) in [7, 11) is 0. The van der Waals surface area contributed by atoms with Gasteiger partial charge < -0.3 is 0 Å². The third-order valence-electron chi connectivity index (χ3n) is 5.16. The first-order chi connectivity index (χ1) is 4.17. The van der Waals surface area contributed by atoms with Gasteiger partial charge in [0, 0.05) is 0 Å². The van der Waals surface area contributed by atoms with Gasteiger partial charge in [0.1, 0.15) is 0 Å². The Morgan fingerprint density at radius 1 is 1.56 bits per heavy atom. The molecule has 50 valence electrons. The molecule has 9 heavy (non-hydrogen) atoms. The second-order valence-electron chi connectivity index (χ2n) is 4.53. The number of fused-ring (bicyclic) bond motifs is 1. The summed E-state index contributed by atoms with van der Waals surface area (Å²) in [4.78, 5) is 0. The second-order valence-corrected chi connectivity index (χ2v) is 4.53. The summed E-state index contributed by atoms with van der Waals surface area (Å²) in [5, 5.41) is 0. The predicted molar refractivity (Wildman–Crippen MR) is 37.0 cm³/mol. The summed E-state index contributed by atoms with van der Waals surface area (Å²) in [5.74, 6) is 1.10. The molecule has 0 heteroatoms. The Balaban J connectivity index is 2.03. The van der Waals surface area contributed by atoms with Crippen LogP contribution in [0.4, 0.5) is 0 Å². The maximum absolute atomic E-state index is 2.48. The van der Waals surface area contributed by atoms with E-state index < -0.39 is 0 Å². The first kappa shape index (κ1) is 4.76. The average Bonchev–Trinajstić information content (AvgIpc) is 2.61. The van der Waals surface area contributed by atoms with Crippen molar-refractivity contribution in [1.29, 1.82) is 0 Å². The van der Waals surface area contributed by atoms with E-state index in [1.54, 1.807) is 6.42 Å². The van der Waals surface area contributed by atoms with Gasteiger partial charge in [-0.25, -0.2) is 0 Å². The van der Waals surface area contributed by atoms with Crippen molar-refractivity contribution >= 4 is 0 Å². The lowest BCUT2D eigenvalue weighted by Gasteiger charge is -2.13. The first-order valence-electron chi connectivity index (χ1n) is 4.17. The van der Waals surface area contributed by atoms with Gasteiger partial charge in [-0.1, -0.05) is 20.8 Å². The molecule has 0 heterocycles. The van der Waals surface area contributed by atoms with Gasteiger partial charge in [0.2, 0.25) is 0 Å². The normalized spacial score (nSPS) is 81.0. The van der Waals surface area contributed by atoms with Crippen LogP contribution >= 0.6 is 0 Å². The van der Waals surface area contributed by atoms with Gasteiger partial charge >= 0.3 is 0 Å². The lowest BCUT2D eigenvalue weighted by atomic mass is 9.91. The fourth-order valence-corrected chi connectivity index (χ4v) is 4.60. The van der Waals surface area contributed by atoms with E-state index in [1.807, 2.05) is 0 Å². The summed E-state index contributed by atoms with van der Waals surface area (Å²) in [6.45, 7) is 7.29. The SMILES string of the molecule is CCC12C(C)C13CC23C. The molecule has 3 aliphatic rings. The highest BCUT2D eigenvalue weighted by atomic mass is 15.1. The zero-order valence-corrected chi connectivity index (χ0v) is 6.49. The standard InChI is InChI=1S/C9H14/c1-4-8-6(2)9(8)5-7(8,9)3/h6H,4-5H2,1-3H3. The van der Waals surface area contributed by atoms with Gasteiger partial charge in [-0.15, -0.1) is 0 Å². The van der Waals surface area contributed by atoms with Crippen LogP contribution in [0.2, 0.25) is 0 Å². The minimum absolute atomic E-state index is 0.869. The molecule has 0 bridgehead atoms. The minimum Gasteiger partial charge on any atom is -0.0648 e. The van der Waals surface area contributed by atoms with E-state index in [0.717, 1.165) is 22.2 Å². The molecular weight excluding hydrogens is 108 g/mol. The summed E-state index contributed by atoms with van der Waals surface area (Å²) < 4.78 is 0. The van der Waals surface area contributed by atoms with Crippen LogP contribution in [0.5, 0.6) is 0 Å². The van der Waals surface area contributed by atoms with Crippen LogP contribution in [0.1, 0.15) is 33.6 Å². The van der Waals surface area contributed by atoms with Gasteiger partial charge in [0.15, 0.2) is 0 Å². The lowest BCUT2D eigenvalue weighted by molar-refractivity contribution is 0.350. The Bertz CT molecular complexity index is 208. The fraction of sp³-hybridized carbons (Fsp3) is 1.00. The van der Waals surface area contributed by atoms with Gasteiger partial charge in [-0.3, -0.25) is 0 Å². The molecule has 0 aromatic heterocycles. The molecule has 3 saturated carbocycles. The van der Waals surface area contributed by atoms with Gasteiger partial charge in [0.25, 0.3) is 0 Å². The fourth-order valence-electron chi connectivity index (χ4n) is 4.60. The van der Waals surface area contributed by atoms with Crippen LogP contribution < -0.4 is 0 Å². The highest BCUT2D eigenvalue weighted by Crippen LogP contribution is 3.16. The number of hydrogen-bond donors (Lipinski definition) is 0. The molecule has 4 unspecified atom stereocenters. The number of hydrogen-bond acceptors (Lipinski definition) is 0. The number of rotatable bonds is 1. The van der Waals surface area contributed by atoms with E-state index in [0.29, 0.717) is 0 Å². The summed E-state index contributed by atoms with van der Waals surface area (Å²) >= 11 is 0. The van der Waals surface area contributed by atoms with Crippen molar-refractivity contribution in [2.75, 3.05) is 0 Å². The van der Waals surface area contributed by atoms with E-state index in [4.69, 9.17) is 0 Å². The van der Waals surface area contributed by atoms with Crippen LogP contribution in [-0.2, 0) is 0 Å². The molecule has 0 aromatic rings. The van der Waals surface area contributed by atoms with Crippen molar-refractivity contribution in [3.8, 4) is 0 Å². The highest BCUT2D eigenvalue weighted by molar-refractivity contribution is 5.58. The average molecular weight is 122 g/mol. The van der Waals surface area contributed by atoms with Crippen LogP contribution in [0.3, 0.4) is 0 Å². The first-order valence-corrected chi connectivity index (χ1v) is 4.17. The van der Waals surface area contributed by atoms with Gasteiger partial charge in [0.05, 0.1) is 0 Å². The maximum Gasteiger partial charge on any atom is -0.0136 e. The van der Waals surface area contributed by atoms with Crippen LogP contribution in [0, 0.1) is 22.2 Å². The molecule has 0 aromatic carbocycles. The van der Waals surface area contributed by atoms with E-state index in [1.165, 1.54) is 6.42 Å². The summed E-state index contributed by atoms with van der Waals surface area (Å²) in [6, 6.07) is 0. The molecule has 1 spiro atoms. The Kier molecular flexibility index (Phi) is 0.392. The molecular formula is C9H14. The lowest BCUT2D eigenvalue weighted by Crippen LogP contribution is -2.06. The van der Waals surface area contributed by atoms with E-state index in [-0.39, 0.29) is 0 Å². The van der Waals surface area contributed by atoms with Crippen molar-refractivity contribution in [3.05, 3.63) is 0 Å². The van der Waals surface area contributed by atoms with Crippen LogP contribution in [0.25, 0.3) is 0 Å². The Morgan fingerprint density at radius 3 is 2.22 bits per heavy atom. The molecule has 0 saturated heterocycles. The van der Waals surface area contributed by atoms with E-state index in [2.05, 4.69) is 20.8 Å². The largest absolute Gasteiger partial charge is 0.0648 e. The summed E-state index contributed by atoms with van der Waals surface area (Å²) in [6.07, 6.45) is 3.01. The van der Waals surface area contributed by atoms with Crippen molar-refractivity contribution in [1.82, 2.24) is 0 Å². The quantitative estimate of drug-likeness (QED) is 0.501. The van der Waals surface area contributed by atoms with Crippen molar-refractivity contribution in [2.24, 2.45) is 22.2 Å². The van der Waals surface area contributed by atoms with Crippen molar-refractivity contribution < 1.29 is 0 Å². The van der Waals surface area contributed by atoms with Gasteiger partial charge in [-0.2, -0.15) is 0 Å². The molecule has 0 amide bonds. The topological polar surface area (TPSA) is 0 Å². The molecule has 0 aliphatic heterocycles. The second kappa shape index (κ2) is 0.741. The highest BCUT2D eigenvalue weighted by Gasteiger charge is 3.11. The Hall–Kier alpha value is 0. The van der Waals surface area contributed by atoms with Crippen LogP contribution in [0.15, 0.2) is 0 Å². The molecule has 3 rings (SSSR count). The third kappa shape index (κ3) is 0.163. The minimum atomic E-state index is 0.869. The molecule has 3 fully saturated rings.